The fraction of sp³-hybridized carbons (Fsp3) is 0.0625. The Morgan fingerprint density at radius 2 is 1.39 bits per heavy atom. The Hall–Kier alpha value is -1.23. The predicted molar refractivity (Wildman–Crippen MR) is 93.3 cm³/mol. The second kappa shape index (κ2) is 6.71. The summed E-state index contributed by atoms with van der Waals surface area (Å²) in [6.45, 7) is -0.255. The van der Waals surface area contributed by atoms with Gasteiger partial charge in [-0.1, -0.05) is 57.6 Å². The van der Waals surface area contributed by atoms with E-state index in [-0.39, 0.29) is 6.61 Å². The van der Waals surface area contributed by atoms with E-state index in [2.05, 4.69) is 5.16 Å². The zero-order chi connectivity index (χ0) is 16.6. The lowest BCUT2D eigenvalue weighted by molar-refractivity contribution is 0.281. The summed E-state index contributed by atoms with van der Waals surface area (Å²) < 4.78 is 5.40. The molecule has 1 heterocycles. The van der Waals surface area contributed by atoms with E-state index in [0.717, 1.165) is 0 Å². The molecule has 3 nitrogen and oxygen atoms in total. The molecular weight excluding hydrogens is 380 g/mol. The van der Waals surface area contributed by atoms with E-state index in [0.29, 0.717) is 48.2 Å². The Kier molecular flexibility index (Phi) is 4.85. The van der Waals surface area contributed by atoms with Crippen molar-refractivity contribution in [2.75, 3.05) is 0 Å². The van der Waals surface area contributed by atoms with Crippen molar-refractivity contribution in [2.24, 2.45) is 0 Å². The molecule has 0 bridgehead atoms. The molecule has 0 atom stereocenters. The standard InChI is InChI=1S/C16H9Cl4NO2/c17-11-3-1-8(5-13(11)19)15-10(7-22)16(23-21-15)9-2-4-12(18)14(20)6-9/h1-6,22H,7H2. The van der Waals surface area contributed by atoms with Crippen LogP contribution in [0.4, 0.5) is 0 Å². The van der Waals surface area contributed by atoms with Crippen LogP contribution in [-0.2, 0) is 6.61 Å². The molecule has 0 fully saturated rings. The lowest BCUT2D eigenvalue weighted by Crippen LogP contribution is -1.89. The van der Waals surface area contributed by atoms with E-state index >= 15 is 0 Å². The van der Waals surface area contributed by atoms with Crippen LogP contribution in [0.1, 0.15) is 5.56 Å². The van der Waals surface area contributed by atoms with Crippen molar-refractivity contribution in [1.82, 2.24) is 5.16 Å². The maximum atomic E-state index is 9.74. The average Bonchev–Trinajstić information content (AvgIpc) is 2.96. The summed E-state index contributed by atoms with van der Waals surface area (Å²) in [5, 5.41) is 15.4. The van der Waals surface area contributed by atoms with Gasteiger partial charge in [-0.05, 0) is 30.3 Å². The molecule has 23 heavy (non-hydrogen) atoms. The lowest BCUT2D eigenvalue weighted by atomic mass is 10.0. The van der Waals surface area contributed by atoms with Crippen molar-refractivity contribution in [3.8, 4) is 22.6 Å². The fourth-order valence-corrected chi connectivity index (χ4v) is 2.79. The van der Waals surface area contributed by atoms with Crippen molar-refractivity contribution in [1.29, 1.82) is 0 Å². The summed E-state index contributed by atoms with van der Waals surface area (Å²) in [7, 11) is 0. The minimum Gasteiger partial charge on any atom is -0.391 e. The SMILES string of the molecule is OCc1c(-c2ccc(Cl)c(Cl)c2)noc1-c1ccc(Cl)c(Cl)c1. The molecule has 0 saturated heterocycles. The van der Waals surface area contributed by atoms with Crippen molar-refractivity contribution < 1.29 is 9.63 Å². The molecule has 0 radical (unpaired) electrons. The van der Waals surface area contributed by atoms with Crippen molar-refractivity contribution in [3.05, 3.63) is 62.1 Å². The highest BCUT2D eigenvalue weighted by molar-refractivity contribution is 6.42. The molecule has 2 aromatic carbocycles. The number of hydrogen-bond donors (Lipinski definition) is 1. The minimum atomic E-state index is -0.255. The van der Waals surface area contributed by atoms with Gasteiger partial charge in [0.05, 0.1) is 32.3 Å². The summed E-state index contributed by atoms with van der Waals surface area (Å²) in [5.74, 6) is 0.423. The highest BCUT2D eigenvalue weighted by Crippen LogP contribution is 2.36. The van der Waals surface area contributed by atoms with E-state index in [1.165, 1.54) is 0 Å². The molecule has 3 rings (SSSR count). The summed E-state index contributed by atoms with van der Waals surface area (Å²) >= 11 is 23.9. The quantitative estimate of drug-likeness (QED) is 0.588. The van der Waals surface area contributed by atoms with Crippen molar-refractivity contribution in [2.45, 2.75) is 6.61 Å². The zero-order valence-electron chi connectivity index (χ0n) is 11.5. The Bertz CT molecular complexity index is 808. The first kappa shape index (κ1) is 16.6. The van der Waals surface area contributed by atoms with Crippen molar-refractivity contribution >= 4 is 46.4 Å². The number of nitrogens with zero attached hydrogens (tertiary/aromatic N) is 1. The first-order chi connectivity index (χ1) is 11.0. The van der Waals surface area contributed by atoms with Crippen LogP contribution in [-0.4, -0.2) is 10.3 Å². The summed E-state index contributed by atoms with van der Waals surface area (Å²) in [5.41, 5.74) is 2.38. The third-order valence-electron chi connectivity index (χ3n) is 3.32. The normalized spacial score (nSPS) is 11.0. The van der Waals surface area contributed by atoms with Crippen LogP contribution in [0.2, 0.25) is 20.1 Å². The highest BCUT2D eigenvalue weighted by Gasteiger charge is 2.19. The van der Waals surface area contributed by atoms with Gasteiger partial charge in [0.15, 0.2) is 5.76 Å². The Balaban J connectivity index is 2.12. The number of halogens is 4. The minimum absolute atomic E-state index is 0.255. The Morgan fingerprint density at radius 3 is 1.96 bits per heavy atom. The number of aromatic nitrogens is 1. The number of hydrogen-bond acceptors (Lipinski definition) is 3. The second-order valence-corrected chi connectivity index (χ2v) is 6.38. The highest BCUT2D eigenvalue weighted by atomic mass is 35.5. The van der Waals surface area contributed by atoms with E-state index in [1.807, 2.05) is 0 Å². The molecule has 118 valence electrons. The van der Waals surface area contributed by atoms with Gasteiger partial charge in [0.2, 0.25) is 0 Å². The number of rotatable bonds is 3. The second-order valence-electron chi connectivity index (χ2n) is 4.75. The van der Waals surface area contributed by atoms with Gasteiger partial charge in [0.25, 0.3) is 0 Å². The maximum absolute atomic E-state index is 9.74. The monoisotopic (exact) mass is 387 g/mol. The fourth-order valence-electron chi connectivity index (χ4n) is 2.19. The number of aliphatic hydroxyl groups is 1. The molecule has 1 N–H and O–H groups in total. The van der Waals surface area contributed by atoms with Crippen LogP contribution in [0, 0.1) is 0 Å². The topological polar surface area (TPSA) is 46.3 Å². The predicted octanol–water partition coefficient (Wildman–Crippen LogP) is 6.11. The van der Waals surface area contributed by atoms with Gasteiger partial charge in [-0.25, -0.2) is 0 Å². The smallest absolute Gasteiger partial charge is 0.173 e. The molecule has 0 aliphatic rings. The number of aliphatic hydroxyl groups excluding tert-OH is 1. The third kappa shape index (κ3) is 3.21. The zero-order valence-corrected chi connectivity index (χ0v) is 14.5. The van der Waals surface area contributed by atoms with Crippen LogP contribution >= 0.6 is 46.4 Å². The molecule has 0 unspecified atom stereocenters. The van der Waals surface area contributed by atoms with Crippen LogP contribution in [0.25, 0.3) is 22.6 Å². The molecule has 0 spiro atoms. The van der Waals surface area contributed by atoms with E-state index < -0.39 is 0 Å². The third-order valence-corrected chi connectivity index (χ3v) is 4.80. The van der Waals surface area contributed by atoms with Crippen LogP contribution in [0.5, 0.6) is 0 Å². The van der Waals surface area contributed by atoms with Gasteiger partial charge in [-0.15, -0.1) is 0 Å². The molecule has 0 aliphatic carbocycles. The molecule has 0 amide bonds. The van der Waals surface area contributed by atoms with Crippen LogP contribution in [0.15, 0.2) is 40.9 Å². The Morgan fingerprint density at radius 1 is 0.826 bits per heavy atom. The first-order valence-electron chi connectivity index (χ1n) is 6.51. The van der Waals surface area contributed by atoms with E-state index in [9.17, 15) is 5.11 Å². The average molecular weight is 389 g/mol. The molecule has 7 heteroatoms. The molecule has 1 aromatic heterocycles. The Labute approximate surface area is 152 Å². The maximum Gasteiger partial charge on any atom is 0.173 e. The summed E-state index contributed by atoms with van der Waals surface area (Å²) in [6, 6.07) is 10.1. The summed E-state index contributed by atoms with van der Waals surface area (Å²) in [4.78, 5) is 0. The van der Waals surface area contributed by atoms with Gasteiger partial charge in [-0.3, -0.25) is 0 Å². The summed E-state index contributed by atoms with van der Waals surface area (Å²) in [6.07, 6.45) is 0. The van der Waals surface area contributed by atoms with Crippen LogP contribution < -0.4 is 0 Å². The molecule has 3 aromatic rings. The van der Waals surface area contributed by atoms with Gasteiger partial charge >= 0.3 is 0 Å². The van der Waals surface area contributed by atoms with Crippen LogP contribution in [0.3, 0.4) is 0 Å². The molecule has 0 saturated carbocycles. The lowest BCUT2D eigenvalue weighted by Gasteiger charge is -2.04. The largest absolute Gasteiger partial charge is 0.391 e. The molecule has 0 aliphatic heterocycles. The van der Waals surface area contributed by atoms with Gasteiger partial charge in [0, 0.05) is 11.1 Å². The molecular formula is C16H9Cl4NO2. The van der Waals surface area contributed by atoms with Gasteiger partial charge in [0.1, 0.15) is 5.69 Å². The first-order valence-corrected chi connectivity index (χ1v) is 8.02. The van der Waals surface area contributed by atoms with Gasteiger partial charge < -0.3 is 9.63 Å². The van der Waals surface area contributed by atoms with Gasteiger partial charge in [-0.2, -0.15) is 0 Å². The van der Waals surface area contributed by atoms with Crippen molar-refractivity contribution in [3.63, 3.8) is 0 Å². The van der Waals surface area contributed by atoms with E-state index in [4.69, 9.17) is 50.9 Å². The number of benzene rings is 2. The van der Waals surface area contributed by atoms with E-state index in [1.54, 1.807) is 36.4 Å².